The maximum Gasteiger partial charge on any atom is 0.310 e. The van der Waals surface area contributed by atoms with E-state index in [1.165, 1.54) is 0 Å². The van der Waals surface area contributed by atoms with Crippen LogP contribution in [0.3, 0.4) is 0 Å². The monoisotopic (exact) mass is 379 g/mol. The van der Waals surface area contributed by atoms with Crippen molar-refractivity contribution in [2.24, 2.45) is 10.8 Å². The van der Waals surface area contributed by atoms with Gasteiger partial charge in [-0.1, -0.05) is 41.5 Å². The maximum atomic E-state index is 10.9. The summed E-state index contributed by atoms with van der Waals surface area (Å²) in [5.74, 6) is -2.49. The number of carboxylic acids is 2. The number of carbonyl (C=O) groups excluding carboxylic acids is 2. The van der Waals surface area contributed by atoms with E-state index in [2.05, 4.69) is 0 Å². The van der Waals surface area contributed by atoms with Gasteiger partial charge in [0.05, 0.1) is 0 Å². The molecule has 0 aliphatic rings. The molecule has 0 rings (SSSR count). The molecule has 0 aromatic heterocycles. The first-order chi connectivity index (χ1) is 9.62. The molecule has 6 nitrogen and oxygen atoms in total. The summed E-state index contributed by atoms with van der Waals surface area (Å²) in [6.45, 7) is 11.5. The first-order valence-corrected chi connectivity index (χ1v) is 7.09. The van der Waals surface area contributed by atoms with E-state index < -0.39 is 11.9 Å². The third-order valence-corrected chi connectivity index (χ3v) is 2.15. The van der Waals surface area contributed by atoms with Gasteiger partial charge in [0.2, 0.25) is 0 Å². The second-order valence-electron chi connectivity index (χ2n) is 7.69. The van der Waals surface area contributed by atoms with Gasteiger partial charge in [0.1, 0.15) is 24.4 Å². The van der Waals surface area contributed by atoms with E-state index in [-0.39, 0.29) is 52.3 Å². The van der Waals surface area contributed by atoms with Gasteiger partial charge in [-0.25, -0.2) is 0 Å². The molecular formula is C16H28CuO6. The van der Waals surface area contributed by atoms with Crippen molar-refractivity contribution in [2.45, 2.75) is 67.2 Å². The van der Waals surface area contributed by atoms with Gasteiger partial charge in [-0.05, 0) is 10.8 Å². The minimum atomic E-state index is -1.04. The summed E-state index contributed by atoms with van der Waals surface area (Å²) >= 11 is 0. The fraction of sp³-hybridized carbons (Fsp3) is 0.750. The average Bonchev–Trinajstić information content (AvgIpc) is 2.07. The smallest absolute Gasteiger partial charge is 0.310 e. The molecule has 7 heteroatoms. The van der Waals surface area contributed by atoms with Crippen molar-refractivity contribution in [3.05, 3.63) is 0 Å². The SMILES string of the molecule is CC(C)(C)CC(=O)CC(=O)O.CC(C)(C)CC(=O)CC(=O)O.[Cu]. The zero-order chi connectivity index (χ0) is 18.1. The Morgan fingerprint density at radius 3 is 1.00 bits per heavy atom. The number of hydrogen-bond donors (Lipinski definition) is 2. The molecule has 2 N–H and O–H groups in total. The van der Waals surface area contributed by atoms with Crippen LogP contribution in [0.2, 0.25) is 0 Å². The number of carboxylic acid groups (broad SMARTS) is 2. The van der Waals surface area contributed by atoms with Crippen molar-refractivity contribution in [2.75, 3.05) is 0 Å². The molecule has 23 heavy (non-hydrogen) atoms. The quantitative estimate of drug-likeness (QED) is 0.542. The van der Waals surface area contributed by atoms with Crippen LogP contribution >= 0.6 is 0 Å². The molecule has 0 fully saturated rings. The van der Waals surface area contributed by atoms with Crippen molar-refractivity contribution in [3.63, 3.8) is 0 Å². The number of Topliss-reactive ketones (excluding diaryl/α,β-unsaturated/α-hetero) is 2. The van der Waals surface area contributed by atoms with Gasteiger partial charge in [0.15, 0.2) is 0 Å². The van der Waals surface area contributed by atoms with E-state index in [1.807, 2.05) is 41.5 Å². The Morgan fingerprint density at radius 1 is 0.652 bits per heavy atom. The van der Waals surface area contributed by atoms with Crippen LogP contribution in [0, 0.1) is 10.8 Å². The predicted octanol–water partition coefficient (Wildman–Crippen LogP) is 2.93. The molecule has 139 valence electrons. The summed E-state index contributed by atoms with van der Waals surface area (Å²) in [4.78, 5) is 41.9. The average molecular weight is 380 g/mol. The van der Waals surface area contributed by atoms with Gasteiger partial charge in [-0.3, -0.25) is 19.2 Å². The molecule has 1 radical (unpaired) electrons. The molecule has 0 bridgehead atoms. The Morgan fingerprint density at radius 2 is 0.870 bits per heavy atom. The summed E-state index contributed by atoms with van der Waals surface area (Å²) < 4.78 is 0. The van der Waals surface area contributed by atoms with Gasteiger partial charge < -0.3 is 10.2 Å². The number of carbonyl (C=O) groups is 4. The maximum absolute atomic E-state index is 10.9. The fourth-order valence-corrected chi connectivity index (χ4v) is 1.65. The summed E-state index contributed by atoms with van der Waals surface area (Å²) in [5.41, 5.74) is -0.209. The standard InChI is InChI=1S/2C8H14O3.Cu/c2*1-8(2,3)5-6(9)4-7(10)11;/h2*4-5H2,1-3H3,(H,10,11);. The van der Waals surface area contributed by atoms with Crippen LogP contribution in [-0.2, 0) is 36.2 Å². The van der Waals surface area contributed by atoms with E-state index in [0.29, 0.717) is 12.8 Å². The molecule has 0 heterocycles. The van der Waals surface area contributed by atoms with E-state index in [0.717, 1.165) is 0 Å². The van der Waals surface area contributed by atoms with Crippen LogP contribution in [0.25, 0.3) is 0 Å². The zero-order valence-corrected chi connectivity index (χ0v) is 15.6. The van der Waals surface area contributed by atoms with Crippen molar-refractivity contribution in [3.8, 4) is 0 Å². The summed E-state index contributed by atoms with van der Waals surface area (Å²) in [6.07, 6.45) is -0.0346. The van der Waals surface area contributed by atoms with Crippen molar-refractivity contribution in [1.82, 2.24) is 0 Å². The molecule has 0 aliphatic heterocycles. The van der Waals surface area contributed by atoms with Crippen molar-refractivity contribution >= 4 is 23.5 Å². The Balaban J connectivity index is -0.000000333. The Kier molecular flexibility index (Phi) is 13.2. The molecule has 0 atom stereocenters. The Labute approximate surface area is 148 Å². The van der Waals surface area contributed by atoms with Crippen LogP contribution in [0.4, 0.5) is 0 Å². The zero-order valence-electron chi connectivity index (χ0n) is 14.7. The summed E-state index contributed by atoms with van der Waals surface area (Å²) in [6, 6.07) is 0. The van der Waals surface area contributed by atoms with E-state index in [4.69, 9.17) is 10.2 Å². The topological polar surface area (TPSA) is 109 Å². The third kappa shape index (κ3) is 26.0. The van der Waals surface area contributed by atoms with Crippen LogP contribution in [0.1, 0.15) is 67.2 Å². The second-order valence-corrected chi connectivity index (χ2v) is 7.69. The van der Waals surface area contributed by atoms with Crippen LogP contribution in [0.5, 0.6) is 0 Å². The van der Waals surface area contributed by atoms with Gasteiger partial charge in [0.25, 0.3) is 0 Å². The molecule has 0 aromatic rings. The van der Waals surface area contributed by atoms with Crippen LogP contribution in [0.15, 0.2) is 0 Å². The molecule has 0 amide bonds. The molecule has 0 aliphatic carbocycles. The normalized spacial score (nSPS) is 10.7. The molecule has 0 unspecified atom stereocenters. The number of rotatable bonds is 6. The van der Waals surface area contributed by atoms with E-state index in [1.54, 1.807) is 0 Å². The first kappa shape index (κ1) is 26.7. The summed E-state index contributed by atoms with van der Waals surface area (Å²) in [5, 5.41) is 16.5. The van der Waals surface area contributed by atoms with E-state index in [9.17, 15) is 19.2 Å². The van der Waals surface area contributed by atoms with Crippen LogP contribution < -0.4 is 0 Å². The molecule has 0 spiro atoms. The first-order valence-electron chi connectivity index (χ1n) is 7.09. The minimum absolute atomic E-state index is 0. The molecule has 0 saturated heterocycles. The number of hydrogen-bond acceptors (Lipinski definition) is 4. The van der Waals surface area contributed by atoms with Crippen LogP contribution in [-0.4, -0.2) is 33.7 Å². The number of aliphatic carboxylic acids is 2. The van der Waals surface area contributed by atoms with Crippen molar-refractivity contribution in [1.29, 1.82) is 0 Å². The van der Waals surface area contributed by atoms with Gasteiger partial charge in [-0.15, -0.1) is 0 Å². The molecule has 0 aromatic carbocycles. The summed E-state index contributed by atoms with van der Waals surface area (Å²) in [7, 11) is 0. The molecular weight excluding hydrogens is 352 g/mol. The number of ketones is 2. The van der Waals surface area contributed by atoms with Crippen molar-refractivity contribution < 1.29 is 46.5 Å². The minimum Gasteiger partial charge on any atom is -0.481 e. The Bertz CT molecular complexity index is 375. The molecule has 0 saturated carbocycles. The second kappa shape index (κ2) is 11.4. The van der Waals surface area contributed by atoms with Gasteiger partial charge >= 0.3 is 11.9 Å². The largest absolute Gasteiger partial charge is 0.481 e. The fourth-order valence-electron chi connectivity index (χ4n) is 1.65. The van der Waals surface area contributed by atoms with E-state index >= 15 is 0 Å². The Hall–Kier alpha value is -1.20. The van der Waals surface area contributed by atoms with Gasteiger partial charge in [0, 0.05) is 29.9 Å². The third-order valence-electron chi connectivity index (χ3n) is 2.15. The predicted molar refractivity (Wildman–Crippen MR) is 82.7 cm³/mol. The van der Waals surface area contributed by atoms with Gasteiger partial charge in [-0.2, -0.15) is 0 Å².